The van der Waals surface area contributed by atoms with Gasteiger partial charge in [-0.05, 0) is 62.8 Å². The summed E-state index contributed by atoms with van der Waals surface area (Å²) in [5.74, 6) is 0.575. The van der Waals surface area contributed by atoms with Gasteiger partial charge < -0.3 is 5.32 Å². The number of hydrogen-bond acceptors (Lipinski definition) is 3. The second-order valence-corrected chi connectivity index (χ2v) is 7.44. The number of rotatable bonds is 7. The van der Waals surface area contributed by atoms with Crippen LogP contribution in [-0.2, 0) is 12.8 Å². The fraction of sp³-hybridized carbons (Fsp3) is 0.471. The molecule has 2 aromatic rings. The van der Waals surface area contributed by atoms with E-state index in [9.17, 15) is 0 Å². The van der Waals surface area contributed by atoms with Crippen LogP contribution >= 0.6 is 22.9 Å². The molecule has 0 radical (unpaired) electrons. The molecule has 1 atom stereocenters. The van der Waals surface area contributed by atoms with E-state index in [0.29, 0.717) is 5.92 Å². The van der Waals surface area contributed by atoms with Gasteiger partial charge >= 0.3 is 0 Å². The van der Waals surface area contributed by atoms with Gasteiger partial charge in [0.2, 0.25) is 0 Å². The first-order chi connectivity index (χ1) is 10.2. The number of thiazole rings is 1. The van der Waals surface area contributed by atoms with Crippen molar-refractivity contribution in [3.05, 3.63) is 50.9 Å². The van der Waals surface area contributed by atoms with Gasteiger partial charge in [-0.15, -0.1) is 11.3 Å². The summed E-state index contributed by atoms with van der Waals surface area (Å²) in [4.78, 5) is 4.62. The fourth-order valence-electron chi connectivity index (χ4n) is 2.63. The second kappa shape index (κ2) is 6.91. The molecule has 0 spiro atoms. The van der Waals surface area contributed by atoms with Crippen molar-refractivity contribution in [1.29, 1.82) is 0 Å². The van der Waals surface area contributed by atoms with E-state index < -0.39 is 0 Å². The number of nitrogens with zero attached hydrogens (tertiary/aromatic N) is 1. The van der Waals surface area contributed by atoms with Crippen molar-refractivity contribution in [3.8, 4) is 0 Å². The number of aryl methyl sites for hydroxylation is 1. The highest BCUT2D eigenvalue weighted by atomic mass is 35.5. The highest BCUT2D eigenvalue weighted by Gasteiger charge is 2.22. The fourth-order valence-corrected chi connectivity index (χ4v) is 3.47. The van der Waals surface area contributed by atoms with Gasteiger partial charge in [-0.3, -0.25) is 0 Å². The number of aromatic nitrogens is 1. The van der Waals surface area contributed by atoms with Gasteiger partial charge in [-0.1, -0.05) is 23.7 Å². The zero-order chi connectivity index (χ0) is 14.7. The van der Waals surface area contributed by atoms with E-state index in [1.165, 1.54) is 24.1 Å². The van der Waals surface area contributed by atoms with Crippen LogP contribution < -0.4 is 5.32 Å². The molecule has 1 aliphatic rings. The van der Waals surface area contributed by atoms with Crippen LogP contribution in [0.2, 0.25) is 5.02 Å². The van der Waals surface area contributed by atoms with Crippen LogP contribution in [0.5, 0.6) is 0 Å². The molecular weight excluding hydrogens is 300 g/mol. The summed E-state index contributed by atoms with van der Waals surface area (Å²) < 4.78 is 0. The van der Waals surface area contributed by atoms with Crippen molar-refractivity contribution in [2.75, 3.05) is 6.54 Å². The maximum atomic E-state index is 6.10. The van der Waals surface area contributed by atoms with Gasteiger partial charge in [-0.2, -0.15) is 0 Å². The zero-order valence-electron chi connectivity index (χ0n) is 12.3. The molecule has 1 aliphatic carbocycles. The molecule has 4 heteroatoms. The third-order valence-electron chi connectivity index (χ3n) is 3.85. The van der Waals surface area contributed by atoms with Gasteiger partial charge in [0.25, 0.3) is 0 Å². The molecule has 1 unspecified atom stereocenters. The minimum absolute atomic E-state index is 0.575. The second-order valence-electron chi connectivity index (χ2n) is 5.94. The van der Waals surface area contributed by atoms with Crippen LogP contribution in [0, 0.1) is 12.8 Å². The Balaban J connectivity index is 1.65. The van der Waals surface area contributed by atoms with Crippen LogP contribution in [0.25, 0.3) is 0 Å². The molecule has 2 nitrogen and oxygen atoms in total. The summed E-state index contributed by atoms with van der Waals surface area (Å²) in [7, 11) is 0. The van der Waals surface area contributed by atoms with E-state index >= 15 is 0 Å². The van der Waals surface area contributed by atoms with Crippen LogP contribution in [-0.4, -0.2) is 17.6 Å². The van der Waals surface area contributed by atoms with Gasteiger partial charge in [0.05, 0.1) is 10.7 Å². The molecule has 1 fully saturated rings. The average molecular weight is 321 g/mol. The lowest BCUT2D eigenvalue weighted by Crippen LogP contribution is -2.27. The quantitative estimate of drug-likeness (QED) is 0.824. The molecular formula is C17H21ClN2S. The highest BCUT2D eigenvalue weighted by molar-refractivity contribution is 7.09. The predicted molar refractivity (Wildman–Crippen MR) is 90.2 cm³/mol. The molecule has 112 valence electrons. The number of benzene rings is 1. The van der Waals surface area contributed by atoms with Crippen LogP contribution in [0.4, 0.5) is 0 Å². The SMILES string of the molecule is Cc1nc(CC(CNC2CC2)Cc2cccc(Cl)c2)cs1. The van der Waals surface area contributed by atoms with Gasteiger partial charge in [-0.25, -0.2) is 4.98 Å². The summed E-state index contributed by atoms with van der Waals surface area (Å²) in [5.41, 5.74) is 2.54. The maximum absolute atomic E-state index is 6.10. The molecule has 1 aromatic heterocycles. The van der Waals surface area contributed by atoms with Crippen LogP contribution in [0.1, 0.15) is 29.1 Å². The van der Waals surface area contributed by atoms with Crippen LogP contribution in [0.15, 0.2) is 29.6 Å². The molecule has 0 aliphatic heterocycles. The topological polar surface area (TPSA) is 24.9 Å². The Hall–Kier alpha value is -0.900. The van der Waals surface area contributed by atoms with E-state index in [4.69, 9.17) is 11.6 Å². The summed E-state index contributed by atoms with van der Waals surface area (Å²) >= 11 is 7.84. The van der Waals surface area contributed by atoms with Crippen molar-refractivity contribution < 1.29 is 0 Å². The summed E-state index contributed by atoms with van der Waals surface area (Å²) in [6, 6.07) is 8.98. The lowest BCUT2D eigenvalue weighted by Gasteiger charge is -2.17. The number of hydrogen-bond donors (Lipinski definition) is 1. The Morgan fingerprint density at radius 1 is 1.38 bits per heavy atom. The Morgan fingerprint density at radius 2 is 2.24 bits per heavy atom. The first kappa shape index (κ1) is 15.0. The monoisotopic (exact) mass is 320 g/mol. The number of halogens is 1. The lowest BCUT2D eigenvalue weighted by atomic mass is 9.95. The van der Waals surface area contributed by atoms with Crippen molar-refractivity contribution in [3.63, 3.8) is 0 Å². The molecule has 0 amide bonds. The minimum Gasteiger partial charge on any atom is -0.314 e. The van der Waals surface area contributed by atoms with E-state index in [1.54, 1.807) is 11.3 Å². The predicted octanol–water partition coefficient (Wildman–Crippen LogP) is 4.26. The molecule has 0 saturated heterocycles. The number of nitrogens with one attached hydrogen (secondary N) is 1. The third kappa shape index (κ3) is 4.80. The smallest absolute Gasteiger partial charge is 0.0897 e. The standard InChI is InChI=1S/C17H21ClN2S/c1-12-20-17(11-21-12)9-14(10-19-16-5-6-16)7-13-3-2-4-15(18)8-13/h2-4,8,11,14,16,19H,5-7,9-10H2,1H3. The van der Waals surface area contributed by atoms with Gasteiger partial charge in [0.1, 0.15) is 0 Å². The van der Waals surface area contributed by atoms with Crippen molar-refractivity contribution in [1.82, 2.24) is 10.3 Å². The highest BCUT2D eigenvalue weighted by Crippen LogP contribution is 2.22. The van der Waals surface area contributed by atoms with E-state index in [0.717, 1.165) is 35.5 Å². The first-order valence-corrected chi connectivity index (χ1v) is 8.83. The zero-order valence-corrected chi connectivity index (χ0v) is 13.9. The van der Waals surface area contributed by atoms with Crippen LogP contribution in [0.3, 0.4) is 0 Å². The molecule has 1 aromatic carbocycles. The minimum atomic E-state index is 0.575. The Labute approximate surface area is 135 Å². The lowest BCUT2D eigenvalue weighted by molar-refractivity contribution is 0.465. The molecule has 3 rings (SSSR count). The summed E-state index contributed by atoms with van der Waals surface area (Å²) in [5, 5.41) is 7.83. The Morgan fingerprint density at radius 3 is 2.90 bits per heavy atom. The molecule has 1 saturated carbocycles. The normalized spacial score (nSPS) is 16.1. The van der Waals surface area contributed by atoms with Crippen molar-refractivity contribution in [2.24, 2.45) is 5.92 Å². The van der Waals surface area contributed by atoms with Gasteiger partial charge in [0.15, 0.2) is 0 Å². The van der Waals surface area contributed by atoms with Crippen molar-refractivity contribution in [2.45, 2.75) is 38.6 Å². The molecule has 21 heavy (non-hydrogen) atoms. The van der Waals surface area contributed by atoms with E-state index in [1.807, 2.05) is 12.1 Å². The first-order valence-electron chi connectivity index (χ1n) is 7.58. The molecule has 1 heterocycles. The summed E-state index contributed by atoms with van der Waals surface area (Å²) in [6.07, 6.45) is 4.76. The van der Waals surface area contributed by atoms with Gasteiger partial charge in [0, 0.05) is 16.4 Å². The maximum Gasteiger partial charge on any atom is 0.0897 e. The largest absolute Gasteiger partial charge is 0.314 e. The molecule has 1 N–H and O–H groups in total. The Kier molecular flexibility index (Phi) is 4.94. The van der Waals surface area contributed by atoms with E-state index in [-0.39, 0.29) is 0 Å². The van der Waals surface area contributed by atoms with Crippen molar-refractivity contribution >= 4 is 22.9 Å². The average Bonchev–Trinajstić information content (AvgIpc) is 3.19. The van der Waals surface area contributed by atoms with E-state index in [2.05, 4.69) is 34.7 Å². The molecule has 0 bridgehead atoms. The summed E-state index contributed by atoms with van der Waals surface area (Å²) in [6.45, 7) is 3.14. The Bertz CT molecular complexity index is 592. The third-order valence-corrected chi connectivity index (χ3v) is 4.91.